The molecular formula is C21H23N3O2. The van der Waals surface area contributed by atoms with Crippen LogP contribution in [0.25, 0.3) is 0 Å². The minimum atomic E-state index is -0.274. The van der Waals surface area contributed by atoms with Crippen LogP contribution in [0.15, 0.2) is 53.9 Å². The summed E-state index contributed by atoms with van der Waals surface area (Å²) in [5.41, 5.74) is 9.46. The Bertz CT molecular complexity index is 879. The van der Waals surface area contributed by atoms with Gasteiger partial charge in [-0.2, -0.15) is 5.26 Å². The van der Waals surface area contributed by atoms with Gasteiger partial charge < -0.3 is 20.1 Å². The second-order valence-corrected chi connectivity index (χ2v) is 6.10. The summed E-state index contributed by atoms with van der Waals surface area (Å²) in [5.74, 6) is 1.32. The number of anilines is 1. The molecule has 1 aliphatic heterocycles. The van der Waals surface area contributed by atoms with E-state index in [2.05, 4.69) is 30.9 Å². The monoisotopic (exact) mass is 349 g/mol. The van der Waals surface area contributed by atoms with Crippen molar-refractivity contribution < 1.29 is 9.47 Å². The predicted molar refractivity (Wildman–Crippen MR) is 102 cm³/mol. The molecule has 134 valence electrons. The number of hydrogen-bond donors (Lipinski definition) is 1. The molecule has 0 unspecified atom stereocenters. The van der Waals surface area contributed by atoms with Crippen LogP contribution in [0.1, 0.15) is 30.9 Å². The molecule has 0 spiro atoms. The predicted octanol–water partition coefficient (Wildman–Crippen LogP) is 3.76. The van der Waals surface area contributed by atoms with Crippen LogP contribution in [-0.4, -0.2) is 20.2 Å². The van der Waals surface area contributed by atoms with Crippen molar-refractivity contribution in [2.24, 2.45) is 5.73 Å². The minimum absolute atomic E-state index is 0.157. The summed E-state index contributed by atoms with van der Waals surface area (Å²) >= 11 is 0. The number of benzene rings is 2. The van der Waals surface area contributed by atoms with Gasteiger partial charge in [-0.25, -0.2) is 0 Å². The van der Waals surface area contributed by atoms with Crippen molar-refractivity contribution in [2.75, 3.05) is 25.1 Å². The Morgan fingerprint density at radius 2 is 1.96 bits per heavy atom. The van der Waals surface area contributed by atoms with E-state index in [1.807, 2.05) is 36.4 Å². The maximum Gasteiger partial charge on any atom is 0.205 e. The number of allylic oxidation sites excluding steroid dienone is 1. The lowest BCUT2D eigenvalue weighted by Crippen LogP contribution is -2.24. The van der Waals surface area contributed by atoms with Crippen LogP contribution in [0, 0.1) is 11.3 Å². The average Bonchev–Trinajstić information content (AvgIpc) is 2.67. The van der Waals surface area contributed by atoms with Crippen molar-refractivity contribution in [2.45, 2.75) is 19.8 Å². The van der Waals surface area contributed by atoms with Gasteiger partial charge >= 0.3 is 0 Å². The summed E-state index contributed by atoms with van der Waals surface area (Å²) in [5, 5.41) is 9.66. The lowest BCUT2D eigenvalue weighted by molar-refractivity contribution is 0.393. The van der Waals surface area contributed by atoms with E-state index in [4.69, 9.17) is 15.2 Å². The molecule has 0 radical (unpaired) electrons. The Morgan fingerprint density at radius 1 is 1.19 bits per heavy atom. The molecule has 3 rings (SSSR count). The van der Waals surface area contributed by atoms with E-state index in [0.29, 0.717) is 11.3 Å². The molecule has 26 heavy (non-hydrogen) atoms. The molecule has 0 aromatic heterocycles. The Balaban J connectivity index is 2.14. The third-order valence-electron chi connectivity index (χ3n) is 4.76. The lowest BCUT2D eigenvalue weighted by Gasteiger charge is -2.29. The van der Waals surface area contributed by atoms with Crippen LogP contribution in [0.2, 0.25) is 0 Å². The number of hydrogen-bond acceptors (Lipinski definition) is 5. The topological polar surface area (TPSA) is 71.5 Å². The van der Waals surface area contributed by atoms with E-state index in [-0.39, 0.29) is 11.8 Å². The maximum atomic E-state index is 9.66. The fourth-order valence-electron chi connectivity index (χ4n) is 3.39. The number of nitrogens with two attached hydrogens (primary N) is 1. The van der Waals surface area contributed by atoms with Crippen molar-refractivity contribution in [1.82, 2.24) is 0 Å². The Labute approximate surface area is 154 Å². The number of rotatable bonds is 5. The summed E-state index contributed by atoms with van der Waals surface area (Å²) in [7, 11) is 1.63. The second-order valence-electron chi connectivity index (χ2n) is 6.10. The van der Waals surface area contributed by atoms with Gasteiger partial charge in [0.05, 0.1) is 13.0 Å². The van der Waals surface area contributed by atoms with Crippen molar-refractivity contribution >= 4 is 5.69 Å². The molecule has 0 saturated carbocycles. The first kappa shape index (κ1) is 17.7. The van der Waals surface area contributed by atoms with E-state index < -0.39 is 0 Å². The second kappa shape index (κ2) is 7.40. The molecular weight excluding hydrogens is 326 g/mol. The van der Waals surface area contributed by atoms with Gasteiger partial charge in [0.1, 0.15) is 23.1 Å². The third kappa shape index (κ3) is 3.06. The van der Waals surface area contributed by atoms with E-state index in [1.165, 1.54) is 0 Å². The van der Waals surface area contributed by atoms with Crippen molar-refractivity contribution in [3.63, 3.8) is 0 Å². The van der Waals surface area contributed by atoms with Gasteiger partial charge in [-0.3, -0.25) is 0 Å². The number of nitrogens with zero attached hydrogens (tertiary/aromatic N) is 2. The molecule has 0 aliphatic carbocycles. The van der Waals surface area contributed by atoms with Crippen molar-refractivity contribution in [3.8, 4) is 17.6 Å². The maximum absolute atomic E-state index is 9.66. The Kier molecular flexibility index (Phi) is 5.04. The summed E-state index contributed by atoms with van der Waals surface area (Å²) in [4.78, 5) is 2.24. The fourth-order valence-corrected chi connectivity index (χ4v) is 3.39. The molecule has 1 aliphatic rings. The lowest BCUT2D eigenvalue weighted by atomic mass is 9.83. The van der Waals surface area contributed by atoms with E-state index in [1.54, 1.807) is 7.11 Å². The third-order valence-corrected chi connectivity index (χ3v) is 4.76. The highest BCUT2D eigenvalue weighted by Gasteiger charge is 2.31. The summed E-state index contributed by atoms with van der Waals surface area (Å²) in [6.07, 6.45) is 0. The zero-order valence-electron chi connectivity index (χ0n) is 15.3. The molecule has 5 heteroatoms. The molecule has 1 atom stereocenters. The largest absolute Gasteiger partial charge is 0.497 e. The van der Waals surface area contributed by atoms with Crippen molar-refractivity contribution in [1.29, 1.82) is 5.26 Å². The van der Waals surface area contributed by atoms with Gasteiger partial charge in [0.2, 0.25) is 5.88 Å². The van der Waals surface area contributed by atoms with Crippen LogP contribution < -0.4 is 20.1 Å². The van der Waals surface area contributed by atoms with E-state index in [0.717, 1.165) is 35.7 Å². The van der Waals surface area contributed by atoms with Crippen LogP contribution in [0.3, 0.4) is 0 Å². The zero-order valence-corrected chi connectivity index (χ0v) is 15.3. The van der Waals surface area contributed by atoms with Crippen molar-refractivity contribution in [3.05, 3.63) is 65.0 Å². The van der Waals surface area contributed by atoms with Gasteiger partial charge in [-0.15, -0.1) is 0 Å². The summed E-state index contributed by atoms with van der Waals surface area (Å²) < 4.78 is 11.1. The molecule has 0 saturated heterocycles. The molecule has 0 bridgehead atoms. The standard InChI is InChI=1S/C21H23N3O2/c1-4-24(5-2)15-9-10-17-19(12-15)26-21(23)18(13-22)20(17)14-7-6-8-16(11-14)25-3/h6-12,20H,4-5,23H2,1-3H3/t20-/m1/s1. The molecule has 0 amide bonds. The van der Waals surface area contributed by atoms with Gasteiger partial charge in [-0.1, -0.05) is 18.2 Å². The summed E-state index contributed by atoms with van der Waals surface area (Å²) in [6, 6.07) is 16.0. The highest BCUT2D eigenvalue weighted by Crippen LogP contribution is 2.43. The number of nitriles is 1. The normalized spacial score (nSPS) is 15.7. The zero-order chi connectivity index (χ0) is 18.7. The fraction of sp³-hybridized carbons (Fsp3) is 0.286. The smallest absolute Gasteiger partial charge is 0.205 e. The van der Waals surface area contributed by atoms with Crippen LogP contribution >= 0.6 is 0 Å². The number of ether oxygens (including phenoxy) is 2. The number of fused-ring (bicyclic) bond motifs is 1. The van der Waals surface area contributed by atoms with E-state index in [9.17, 15) is 5.26 Å². The highest BCUT2D eigenvalue weighted by molar-refractivity contribution is 5.61. The van der Waals surface area contributed by atoms with Gasteiger partial charge in [0.25, 0.3) is 0 Å². The molecule has 1 heterocycles. The van der Waals surface area contributed by atoms with Crippen LogP contribution in [-0.2, 0) is 0 Å². The molecule has 0 fully saturated rings. The minimum Gasteiger partial charge on any atom is -0.497 e. The molecule has 2 N–H and O–H groups in total. The SMILES string of the molecule is CCN(CC)c1ccc2c(c1)OC(N)=C(C#N)[C@@H]2c1cccc(OC)c1. The van der Waals surface area contributed by atoms with E-state index >= 15 is 0 Å². The van der Waals surface area contributed by atoms with Gasteiger partial charge in [-0.05, 0) is 37.6 Å². The average molecular weight is 349 g/mol. The Hall–Kier alpha value is -3.13. The Morgan fingerprint density at radius 3 is 2.62 bits per heavy atom. The number of methoxy groups -OCH3 is 1. The first-order valence-electron chi connectivity index (χ1n) is 8.73. The first-order valence-corrected chi connectivity index (χ1v) is 8.73. The molecule has 2 aromatic rings. The molecule has 5 nitrogen and oxygen atoms in total. The van der Waals surface area contributed by atoms with Gasteiger partial charge in [0, 0.05) is 30.4 Å². The van der Waals surface area contributed by atoms with Gasteiger partial charge in [0.15, 0.2) is 0 Å². The van der Waals surface area contributed by atoms with Crippen LogP contribution in [0.5, 0.6) is 11.5 Å². The highest BCUT2D eigenvalue weighted by atomic mass is 16.5. The first-order chi connectivity index (χ1) is 12.6. The quantitative estimate of drug-likeness (QED) is 0.890. The summed E-state index contributed by atoms with van der Waals surface area (Å²) in [6.45, 7) is 6.04. The molecule has 2 aromatic carbocycles. The van der Waals surface area contributed by atoms with Crippen LogP contribution in [0.4, 0.5) is 5.69 Å².